The first kappa shape index (κ1) is 21.0. The van der Waals surface area contributed by atoms with Crippen molar-refractivity contribution in [2.75, 3.05) is 6.54 Å². The predicted octanol–water partition coefficient (Wildman–Crippen LogP) is 6.06. The lowest BCUT2D eigenvalue weighted by Gasteiger charge is -2.24. The van der Waals surface area contributed by atoms with Gasteiger partial charge >= 0.3 is 0 Å². The van der Waals surface area contributed by atoms with Crippen molar-refractivity contribution in [3.8, 4) is 0 Å². The van der Waals surface area contributed by atoms with Crippen LogP contribution in [0.1, 0.15) is 73.2 Å². The monoisotopic (exact) mass is 468 g/mol. The lowest BCUT2D eigenvalue weighted by molar-refractivity contribution is 0.0734. The number of imidazole rings is 1. The molecule has 2 aromatic heterocycles. The topological polar surface area (TPSA) is 51.0 Å². The lowest BCUT2D eigenvalue weighted by atomic mass is 10.1. The zero-order valence-corrected chi connectivity index (χ0v) is 19.4. The minimum absolute atomic E-state index is 0.0575. The number of benzene rings is 1. The average molecular weight is 469 g/mol. The van der Waals surface area contributed by atoms with Crippen molar-refractivity contribution >= 4 is 33.0 Å². The van der Waals surface area contributed by atoms with E-state index in [0.29, 0.717) is 18.2 Å². The number of aromatic nitrogens is 3. The highest BCUT2D eigenvalue weighted by Crippen LogP contribution is 2.33. The molecule has 1 aliphatic rings. The summed E-state index contributed by atoms with van der Waals surface area (Å²) in [5, 5.41) is 0. The lowest BCUT2D eigenvalue weighted by Crippen LogP contribution is -2.33. The van der Waals surface area contributed by atoms with Gasteiger partial charge in [0.25, 0.3) is 5.91 Å². The number of rotatable bonds is 7. The van der Waals surface area contributed by atoms with Crippen LogP contribution in [-0.2, 0) is 6.54 Å². The van der Waals surface area contributed by atoms with E-state index in [1.807, 2.05) is 48.4 Å². The van der Waals surface area contributed by atoms with Gasteiger partial charge in [0.2, 0.25) is 0 Å². The molecular formula is C24H29BrN4O. The van der Waals surface area contributed by atoms with E-state index in [1.165, 1.54) is 12.8 Å². The molecule has 1 aromatic carbocycles. The van der Waals surface area contributed by atoms with Gasteiger partial charge in [-0.15, -0.1) is 0 Å². The number of pyridine rings is 1. The summed E-state index contributed by atoms with van der Waals surface area (Å²) in [5.74, 6) is 1.01. The van der Waals surface area contributed by atoms with E-state index >= 15 is 0 Å². The van der Waals surface area contributed by atoms with E-state index in [0.717, 1.165) is 59.3 Å². The van der Waals surface area contributed by atoms with Gasteiger partial charge in [-0.2, -0.15) is 0 Å². The number of amides is 1. The van der Waals surface area contributed by atoms with Gasteiger partial charge in [0, 0.05) is 28.8 Å². The highest BCUT2D eigenvalue weighted by atomic mass is 79.9. The number of carbonyl (C=O) groups excluding carboxylic acids is 1. The van der Waals surface area contributed by atoms with Gasteiger partial charge in [-0.1, -0.05) is 48.2 Å². The summed E-state index contributed by atoms with van der Waals surface area (Å²) >= 11 is 3.57. The summed E-state index contributed by atoms with van der Waals surface area (Å²) < 4.78 is 3.27. The third-order valence-corrected chi connectivity index (χ3v) is 6.89. The van der Waals surface area contributed by atoms with Crippen molar-refractivity contribution in [3.05, 3.63) is 58.0 Å². The fraction of sp³-hybridized carbons (Fsp3) is 0.458. The van der Waals surface area contributed by atoms with Gasteiger partial charge in [-0.3, -0.25) is 4.79 Å². The first-order chi connectivity index (χ1) is 14.6. The van der Waals surface area contributed by atoms with Gasteiger partial charge in [0.1, 0.15) is 11.3 Å². The first-order valence-corrected chi connectivity index (χ1v) is 11.7. The van der Waals surface area contributed by atoms with E-state index in [9.17, 15) is 4.79 Å². The highest BCUT2D eigenvalue weighted by Gasteiger charge is 2.26. The number of hydrogen-bond acceptors (Lipinski definition) is 3. The number of aryl methyl sites for hydroxylation is 1. The summed E-state index contributed by atoms with van der Waals surface area (Å²) in [6, 6.07) is 10.2. The quantitative estimate of drug-likeness (QED) is 0.423. The van der Waals surface area contributed by atoms with Crippen LogP contribution in [0.4, 0.5) is 0 Å². The van der Waals surface area contributed by atoms with Gasteiger partial charge < -0.3 is 9.47 Å². The van der Waals surface area contributed by atoms with E-state index in [4.69, 9.17) is 4.98 Å². The zero-order chi connectivity index (χ0) is 21.1. The van der Waals surface area contributed by atoms with Crippen molar-refractivity contribution in [2.24, 2.45) is 0 Å². The molecule has 1 saturated carbocycles. The Kier molecular flexibility index (Phi) is 6.52. The molecule has 1 fully saturated rings. The Labute approximate surface area is 186 Å². The van der Waals surface area contributed by atoms with E-state index in [-0.39, 0.29) is 5.91 Å². The summed E-state index contributed by atoms with van der Waals surface area (Å²) in [4.78, 5) is 24.9. The van der Waals surface area contributed by atoms with Crippen LogP contribution in [-0.4, -0.2) is 31.9 Å². The Morgan fingerprint density at radius 2 is 2.07 bits per heavy atom. The van der Waals surface area contributed by atoms with E-state index in [2.05, 4.69) is 32.4 Å². The minimum atomic E-state index is 0.0575. The van der Waals surface area contributed by atoms with Crippen LogP contribution < -0.4 is 0 Å². The molecule has 0 saturated heterocycles. The van der Waals surface area contributed by atoms with Crippen LogP contribution in [0.3, 0.4) is 0 Å². The zero-order valence-electron chi connectivity index (χ0n) is 17.8. The molecule has 2 heterocycles. The Balaban J connectivity index is 1.69. The van der Waals surface area contributed by atoms with Crippen molar-refractivity contribution in [1.82, 2.24) is 19.4 Å². The SMILES string of the molecule is CCCCN(Cc1nc2cccnc2n1C1CCCC1)C(=O)c1ccc(C)c(Br)c1. The number of halogens is 1. The maximum atomic E-state index is 13.4. The molecule has 1 amide bonds. The highest BCUT2D eigenvalue weighted by molar-refractivity contribution is 9.10. The molecule has 0 N–H and O–H groups in total. The normalized spacial score (nSPS) is 14.5. The number of hydrogen-bond donors (Lipinski definition) is 0. The van der Waals surface area contributed by atoms with Crippen molar-refractivity contribution in [3.63, 3.8) is 0 Å². The second-order valence-electron chi connectivity index (χ2n) is 8.23. The predicted molar refractivity (Wildman–Crippen MR) is 124 cm³/mol. The van der Waals surface area contributed by atoms with Crippen LogP contribution >= 0.6 is 15.9 Å². The van der Waals surface area contributed by atoms with Crippen LogP contribution in [0.5, 0.6) is 0 Å². The molecule has 0 atom stereocenters. The molecule has 6 heteroatoms. The minimum Gasteiger partial charge on any atom is -0.331 e. The van der Waals surface area contributed by atoms with E-state index in [1.54, 1.807) is 0 Å². The third kappa shape index (κ3) is 4.29. The molecule has 4 rings (SSSR count). The van der Waals surface area contributed by atoms with Gasteiger partial charge in [0.15, 0.2) is 5.65 Å². The molecule has 5 nitrogen and oxygen atoms in total. The molecule has 0 aliphatic heterocycles. The van der Waals surface area contributed by atoms with Gasteiger partial charge in [-0.25, -0.2) is 9.97 Å². The summed E-state index contributed by atoms with van der Waals surface area (Å²) in [6.45, 7) is 5.42. The van der Waals surface area contributed by atoms with Crippen molar-refractivity contribution < 1.29 is 4.79 Å². The van der Waals surface area contributed by atoms with Crippen LogP contribution in [0.15, 0.2) is 41.0 Å². The Bertz CT molecular complexity index is 1040. The van der Waals surface area contributed by atoms with Crippen LogP contribution in [0.2, 0.25) is 0 Å². The molecule has 1 aliphatic carbocycles. The Morgan fingerprint density at radius 3 is 2.80 bits per heavy atom. The van der Waals surface area contributed by atoms with Crippen LogP contribution in [0, 0.1) is 6.92 Å². The molecular weight excluding hydrogens is 440 g/mol. The average Bonchev–Trinajstić information content (AvgIpc) is 3.39. The molecule has 0 unspecified atom stereocenters. The Morgan fingerprint density at radius 1 is 1.27 bits per heavy atom. The second kappa shape index (κ2) is 9.29. The van der Waals surface area contributed by atoms with Crippen LogP contribution in [0.25, 0.3) is 11.2 Å². The van der Waals surface area contributed by atoms with Crippen molar-refractivity contribution in [1.29, 1.82) is 0 Å². The smallest absolute Gasteiger partial charge is 0.254 e. The molecule has 0 bridgehead atoms. The first-order valence-electron chi connectivity index (χ1n) is 11.0. The van der Waals surface area contributed by atoms with Crippen molar-refractivity contribution in [2.45, 2.75) is 65.0 Å². The number of fused-ring (bicyclic) bond motifs is 1. The molecule has 30 heavy (non-hydrogen) atoms. The fourth-order valence-corrected chi connectivity index (χ4v) is 4.69. The fourth-order valence-electron chi connectivity index (χ4n) is 4.31. The number of nitrogens with zero attached hydrogens (tertiary/aromatic N) is 4. The molecule has 158 valence electrons. The number of carbonyl (C=O) groups is 1. The number of unbranched alkanes of at least 4 members (excludes halogenated alkanes) is 1. The maximum absolute atomic E-state index is 13.4. The molecule has 0 spiro atoms. The maximum Gasteiger partial charge on any atom is 0.254 e. The molecule has 3 aromatic rings. The summed E-state index contributed by atoms with van der Waals surface area (Å²) in [6.07, 6.45) is 8.65. The van der Waals surface area contributed by atoms with Gasteiger partial charge in [0.05, 0.1) is 6.54 Å². The Hall–Kier alpha value is -2.21. The third-order valence-electron chi connectivity index (χ3n) is 6.03. The summed E-state index contributed by atoms with van der Waals surface area (Å²) in [7, 11) is 0. The van der Waals surface area contributed by atoms with E-state index < -0.39 is 0 Å². The largest absolute Gasteiger partial charge is 0.331 e. The summed E-state index contributed by atoms with van der Waals surface area (Å²) in [5.41, 5.74) is 3.70. The standard InChI is InChI=1S/C24H29BrN4O/c1-3-4-14-28(24(30)18-12-11-17(2)20(25)15-18)16-22-27-21-10-7-13-26-23(21)29(22)19-8-5-6-9-19/h7,10-13,15,19H,3-6,8-9,14,16H2,1-2H3. The second-order valence-corrected chi connectivity index (χ2v) is 9.08. The van der Waals surface area contributed by atoms with Gasteiger partial charge in [-0.05, 0) is 56.0 Å². The molecule has 0 radical (unpaired) electrons.